The van der Waals surface area contributed by atoms with Crippen molar-refractivity contribution in [3.63, 3.8) is 0 Å². The van der Waals surface area contributed by atoms with Gasteiger partial charge in [-0.25, -0.2) is 8.42 Å². The van der Waals surface area contributed by atoms with Gasteiger partial charge in [-0.15, -0.1) is 0 Å². The summed E-state index contributed by atoms with van der Waals surface area (Å²) in [5.41, 5.74) is 2.32. The number of hydrogen-bond acceptors (Lipinski definition) is 5. The van der Waals surface area contributed by atoms with Crippen molar-refractivity contribution >= 4 is 32.9 Å². The molecule has 154 valence electrons. The first-order valence-electron chi connectivity index (χ1n) is 9.45. The fourth-order valence-corrected chi connectivity index (χ4v) is 4.20. The van der Waals surface area contributed by atoms with Crippen LogP contribution in [0.15, 0.2) is 36.8 Å². The molecule has 3 aromatic rings. The molecule has 0 aliphatic heterocycles. The molecule has 0 fully saturated rings. The van der Waals surface area contributed by atoms with Crippen molar-refractivity contribution in [3.05, 3.63) is 52.8 Å². The predicted molar refractivity (Wildman–Crippen MR) is 113 cm³/mol. The number of fused-ring (bicyclic) bond motifs is 1. The molecule has 0 saturated carbocycles. The maximum absolute atomic E-state index is 12.1. The molecule has 0 radical (unpaired) electrons. The zero-order valence-corrected chi connectivity index (χ0v) is 21.7. The van der Waals surface area contributed by atoms with E-state index in [1.165, 1.54) is 6.08 Å². The number of carbonyl (C=O) groups is 1. The number of sulfonamides is 1. The molecule has 0 saturated heterocycles. The number of unbranched alkanes of at least 4 members (excludes halogenated alkanes) is 2. The van der Waals surface area contributed by atoms with Gasteiger partial charge in [0.1, 0.15) is 5.82 Å². The summed E-state index contributed by atoms with van der Waals surface area (Å²) in [6.07, 6.45) is 10.3. The first-order valence-corrected chi connectivity index (χ1v) is 11.1. The number of aromatic nitrogens is 4. The van der Waals surface area contributed by atoms with Gasteiger partial charge < -0.3 is 9.52 Å². The second-order valence-corrected chi connectivity index (χ2v) is 8.58. The standard InChI is InChI=1S/C20H25N5O3S.K/c1-4-5-6-13-29(27,28)23-19(26)8-7-17-15(2)22-24(3)20(17)25-12-10-16-9-11-21-14-18(16)25;/h7-12,14H,4-6,13H2,1-3H3,(H,23,26);/q;+1/p-1/b8-7+;. The minimum absolute atomic E-state index is 0. The Bertz CT molecular complexity index is 1160. The maximum Gasteiger partial charge on any atom is 1.00 e. The second kappa shape index (κ2) is 10.8. The van der Waals surface area contributed by atoms with Crippen LogP contribution in [-0.4, -0.2) is 39.4 Å². The Morgan fingerprint density at radius 3 is 2.77 bits per heavy atom. The van der Waals surface area contributed by atoms with Crippen molar-refractivity contribution in [3.8, 4) is 5.82 Å². The van der Waals surface area contributed by atoms with Crippen LogP contribution in [-0.2, 0) is 21.9 Å². The molecule has 3 heterocycles. The van der Waals surface area contributed by atoms with Gasteiger partial charge in [-0.2, -0.15) is 5.10 Å². The number of pyridine rings is 1. The minimum atomic E-state index is -3.75. The van der Waals surface area contributed by atoms with Crippen LogP contribution in [0.3, 0.4) is 0 Å². The van der Waals surface area contributed by atoms with E-state index in [0.29, 0.717) is 17.7 Å². The monoisotopic (exact) mass is 453 g/mol. The summed E-state index contributed by atoms with van der Waals surface area (Å²) >= 11 is 0. The van der Waals surface area contributed by atoms with Crippen LogP contribution in [0.1, 0.15) is 37.4 Å². The molecule has 1 amide bonds. The minimum Gasteiger partial charge on any atom is -0.542 e. The van der Waals surface area contributed by atoms with Gasteiger partial charge >= 0.3 is 51.4 Å². The molecule has 8 nitrogen and oxygen atoms in total. The van der Waals surface area contributed by atoms with E-state index in [-0.39, 0.29) is 57.1 Å². The van der Waals surface area contributed by atoms with Crippen LogP contribution in [0.4, 0.5) is 0 Å². The van der Waals surface area contributed by atoms with E-state index in [0.717, 1.165) is 29.6 Å². The van der Waals surface area contributed by atoms with Gasteiger partial charge in [0.05, 0.1) is 33.3 Å². The summed E-state index contributed by atoms with van der Waals surface area (Å²) in [5, 5.41) is 5.47. The van der Waals surface area contributed by atoms with Crippen molar-refractivity contribution in [2.45, 2.75) is 33.1 Å². The molecular formula is C20H24KN5O3S. The number of rotatable bonds is 8. The Hall–Kier alpha value is -1.30. The van der Waals surface area contributed by atoms with E-state index < -0.39 is 15.9 Å². The number of amides is 1. The van der Waals surface area contributed by atoms with Crippen molar-refractivity contribution < 1.29 is 64.6 Å². The summed E-state index contributed by atoms with van der Waals surface area (Å²) in [7, 11) is -1.94. The average Bonchev–Trinajstić information content (AvgIpc) is 3.19. The molecule has 0 aliphatic carbocycles. The third kappa shape index (κ3) is 5.89. The molecule has 0 N–H and O–H groups in total. The van der Waals surface area contributed by atoms with Crippen LogP contribution in [0.25, 0.3) is 27.5 Å². The van der Waals surface area contributed by atoms with E-state index in [2.05, 4.69) is 14.8 Å². The molecule has 0 aromatic carbocycles. The van der Waals surface area contributed by atoms with Gasteiger partial charge in [0.2, 0.25) is 0 Å². The van der Waals surface area contributed by atoms with Crippen molar-refractivity contribution in [2.24, 2.45) is 7.05 Å². The summed E-state index contributed by atoms with van der Waals surface area (Å²) in [6.45, 7) is 3.81. The smallest absolute Gasteiger partial charge is 0.542 e. The second-order valence-electron chi connectivity index (χ2n) is 6.82. The topological polar surface area (TPSA) is 101 Å². The zero-order valence-electron chi connectivity index (χ0n) is 17.7. The Labute approximate surface area is 219 Å². The van der Waals surface area contributed by atoms with Crippen molar-refractivity contribution in [1.82, 2.24) is 19.3 Å². The molecule has 0 atom stereocenters. The molecule has 3 rings (SSSR count). The summed E-state index contributed by atoms with van der Waals surface area (Å²) < 4.78 is 30.9. The van der Waals surface area contributed by atoms with Gasteiger partial charge in [0, 0.05) is 36.1 Å². The largest absolute Gasteiger partial charge is 1.00 e. The van der Waals surface area contributed by atoms with Gasteiger partial charge in [0.25, 0.3) is 0 Å². The maximum atomic E-state index is 12.1. The molecule has 10 heteroatoms. The van der Waals surface area contributed by atoms with Crippen LogP contribution in [0, 0.1) is 6.92 Å². The first kappa shape index (κ1) is 25.0. The van der Waals surface area contributed by atoms with E-state index in [1.807, 2.05) is 43.8 Å². The molecule has 0 aliphatic rings. The number of aryl methyl sites for hydroxylation is 2. The molecule has 0 bridgehead atoms. The summed E-state index contributed by atoms with van der Waals surface area (Å²) in [4.78, 5) is 16.3. The third-order valence-electron chi connectivity index (χ3n) is 4.59. The van der Waals surface area contributed by atoms with Gasteiger partial charge in [0.15, 0.2) is 0 Å². The number of carbonyl (C=O) groups excluding carboxylic acids is 1. The van der Waals surface area contributed by atoms with E-state index >= 15 is 0 Å². The molecule has 3 aromatic heterocycles. The Morgan fingerprint density at radius 2 is 2.03 bits per heavy atom. The zero-order chi connectivity index (χ0) is 21.0. The molecule has 0 unspecified atom stereocenters. The number of nitrogens with zero attached hydrogens (tertiary/aromatic N) is 5. The van der Waals surface area contributed by atoms with E-state index in [4.69, 9.17) is 0 Å². The van der Waals surface area contributed by atoms with Crippen LogP contribution >= 0.6 is 0 Å². The van der Waals surface area contributed by atoms with Crippen molar-refractivity contribution in [2.75, 3.05) is 5.75 Å². The predicted octanol–water partition coefficient (Wildman–Crippen LogP) is 0.505. The Balaban J connectivity index is 0.00000320. The fraction of sp³-hybridized carbons (Fsp3) is 0.350. The fourth-order valence-electron chi connectivity index (χ4n) is 3.20. The van der Waals surface area contributed by atoms with Crippen LogP contribution in [0.2, 0.25) is 0 Å². The van der Waals surface area contributed by atoms with E-state index in [9.17, 15) is 13.2 Å². The summed E-state index contributed by atoms with van der Waals surface area (Å²) in [5.74, 6) is -0.157. The Kier molecular flexibility index (Phi) is 9.01. The third-order valence-corrected chi connectivity index (χ3v) is 5.85. The quantitative estimate of drug-likeness (QED) is 0.281. The van der Waals surface area contributed by atoms with Crippen LogP contribution in [0.5, 0.6) is 0 Å². The van der Waals surface area contributed by atoms with Gasteiger partial charge in [-0.3, -0.25) is 14.2 Å². The average molecular weight is 454 g/mol. The SMILES string of the molecule is CCCCCS(=O)(=O)[N-]C(=O)/C=C/c1c(C)nn(C)c1-n1ccc2ccncc21.[K+]. The van der Waals surface area contributed by atoms with E-state index in [1.54, 1.807) is 23.2 Å². The summed E-state index contributed by atoms with van der Waals surface area (Å²) in [6, 6.07) is 3.88. The first-order chi connectivity index (χ1) is 13.8. The van der Waals surface area contributed by atoms with Crippen LogP contribution < -0.4 is 51.4 Å². The molecular weight excluding hydrogens is 429 g/mol. The normalized spacial score (nSPS) is 11.7. The molecule has 30 heavy (non-hydrogen) atoms. The van der Waals surface area contributed by atoms with Gasteiger partial charge in [-0.05, 0) is 37.6 Å². The number of hydrogen-bond donors (Lipinski definition) is 0. The molecule has 0 spiro atoms. The van der Waals surface area contributed by atoms with Crippen molar-refractivity contribution in [1.29, 1.82) is 0 Å². The Morgan fingerprint density at radius 1 is 1.27 bits per heavy atom. The van der Waals surface area contributed by atoms with Gasteiger partial charge in [-0.1, -0.05) is 19.8 Å².